The highest BCUT2D eigenvalue weighted by atomic mass is 16.2. The average molecular weight is 408 g/mol. The quantitative estimate of drug-likeness (QED) is 0.629. The zero-order valence-corrected chi connectivity index (χ0v) is 17.3. The van der Waals surface area contributed by atoms with E-state index in [0.29, 0.717) is 13.0 Å². The zero-order chi connectivity index (χ0) is 21.3. The summed E-state index contributed by atoms with van der Waals surface area (Å²) in [5.41, 5.74) is 3.27. The Morgan fingerprint density at radius 2 is 1.43 bits per heavy atom. The van der Waals surface area contributed by atoms with Gasteiger partial charge in [0.2, 0.25) is 17.7 Å². The van der Waals surface area contributed by atoms with Crippen LogP contribution < -0.4 is 16.0 Å². The Bertz CT molecular complexity index is 865. The molecule has 3 rings (SSSR count). The number of rotatable bonds is 8. The van der Waals surface area contributed by atoms with E-state index in [9.17, 15) is 14.4 Å². The van der Waals surface area contributed by atoms with Gasteiger partial charge in [0.1, 0.15) is 0 Å². The van der Waals surface area contributed by atoms with Gasteiger partial charge in [-0.05, 0) is 36.0 Å². The van der Waals surface area contributed by atoms with Crippen LogP contribution in [-0.2, 0) is 20.8 Å². The molecule has 0 unspecified atom stereocenters. The van der Waals surface area contributed by atoms with Gasteiger partial charge in [-0.25, -0.2) is 0 Å². The van der Waals surface area contributed by atoms with E-state index in [0.717, 1.165) is 36.0 Å². The molecule has 0 aromatic heterocycles. The fraction of sp³-hybridized carbons (Fsp3) is 0.375. The molecule has 0 bridgehead atoms. The highest BCUT2D eigenvalue weighted by Gasteiger charge is 2.26. The summed E-state index contributed by atoms with van der Waals surface area (Å²) in [6.45, 7) is 1.77. The summed E-state index contributed by atoms with van der Waals surface area (Å²) in [6.07, 6.45) is 3.06. The maximum atomic E-state index is 12.4. The standard InChI is InChI=1S/C24H29N3O3/c1-17(28)25-14-13-23(29)26-21-11-12-22(16-21)27-24(30)15-18-7-9-20(10-8-18)19-5-3-2-4-6-19/h2-10,21-22H,11-16H2,1H3,(H,25,28)(H,26,29)(H,27,30)/t21-,22+/m1/s1. The smallest absolute Gasteiger partial charge is 0.224 e. The maximum absolute atomic E-state index is 12.4. The summed E-state index contributed by atoms with van der Waals surface area (Å²) in [6, 6.07) is 18.4. The molecule has 1 aliphatic rings. The monoisotopic (exact) mass is 407 g/mol. The lowest BCUT2D eigenvalue weighted by Gasteiger charge is -2.15. The van der Waals surface area contributed by atoms with Gasteiger partial charge < -0.3 is 16.0 Å². The Morgan fingerprint density at radius 1 is 0.833 bits per heavy atom. The van der Waals surface area contributed by atoms with Crippen molar-refractivity contribution in [2.75, 3.05) is 6.54 Å². The van der Waals surface area contributed by atoms with E-state index in [1.54, 1.807) is 0 Å². The number of amides is 3. The largest absolute Gasteiger partial charge is 0.356 e. The van der Waals surface area contributed by atoms with Gasteiger partial charge in [-0.15, -0.1) is 0 Å². The van der Waals surface area contributed by atoms with Gasteiger partial charge >= 0.3 is 0 Å². The minimum absolute atomic E-state index is 0.00472. The third-order valence-corrected chi connectivity index (χ3v) is 5.31. The summed E-state index contributed by atoms with van der Waals surface area (Å²) in [7, 11) is 0. The molecule has 2 atom stereocenters. The van der Waals surface area contributed by atoms with Crippen molar-refractivity contribution in [3.05, 3.63) is 60.2 Å². The molecular weight excluding hydrogens is 378 g/mol. The molecule has 3 N–H and O–H groups in total. The van der Waals surface area contributed by atoms with Crippen molar-refractivity contribution in [1.82, 2.24) is 16.0 Å². The van der Waals surface area contributed by atoms with Crippen molar-refractivity contribution in [2.24, 2.45) is 0 Å². The molecule has 0 heterocycles. The molecule has 1 fully saturated rings. The summed E-state index contributed by atoms with van der Waals surface area (Å²) in [5.74, 6) is -0.203. The van der Waals surface area contributed by atoms with Crippen LogP contribution in [0, 0.1) is 0 Å². The SMILES string of the molecule is CC(=O)NCCC(=O)N[C@@H]1CC[C@H](NC(=O)Cc2ccc(-c3ccccc3)cc2)C1. The van der Waals surface area contributed by atoms with E-state index < -0.39 is 0 Å². The molecule has 2 aromatic carbocycles. The van der Waals surface area contributed by atoms with Crippen molar-refractivity contribution in [3.8, 4) is 11.1 Å². The first kappa shape index (κ1) is 21.6. The predicted molar refractivity (Wildman–Crippen MR) is 117 cm³/mol. The van der Waals surface area contributed by atoms with Crippen LogP contribution in [-0.4, -0.2) is 36.3 Å². The van der Waals surface area contributed by atoms with Crippen LogP contribution in [0.5, 0.6) is 0 Å². The molecule has 0 aliphatic heterocycles. The Balaban J connectivity index is 1.40. The van der Waals surface area contributed by atoms with E-state index in [2.05, 4.69) is 28.1 Å². The Kier molecular flexibility index (Phi) is 7.60. The van der Waals surface area contributed by atoms with Crippen molar-refractivity contribution >= 4 is 17.7 Å². The number of hydrogen-bond donors (Lipinski definition) is 3. The molecule has 2 aromatic rings. The molecule has 1 aliphatic carbocycles. The fourth-order valence-electron chi connectivity index (χ4n) is 3.81. The number of nitrogens with one attached hydrogen (secondary N) is 3. The first-order valence-corrected chi connectivity index (χ1v) is 10.5. The summed E-state index contributed by atoms with van der Waals surface area (Å²) in [5, 5.41) is 8.69. The fourth-order valence-corrected chi connectivity index (χ4v) is 3.81. The number of hydrogen-bond acceptors (Lipinski definition) is 3. The lowest BCUT2D eigenvalue weighted by molar-refractivity contribution is -0.122. The van der Waals surface area contributed by atoms with Crippen LogP contribution in [0.3, 0.4) is 0 Å². The van der Waals surface area contributed by atoms with Crippen molar-refractivity contribution in [2.45, 2.75) is 51.1 Å². The lowest BCUT2D eigenvalue weighted by Crippen LogP contribution is -2.38. The predicted octanol–water partition coefficient (Wildman–Crippen LogP) is 2.58. The van der Waals surface area contributed by atoms with E-state index in [1.807, 2.05) is 42.5 Å². The molecule has 0 radical (unpaired) electrons. The van der Waals surface area contributed by atoms with E-state index in [-0.39, 0.29) is 36.2 Å². The Morgan fingerprint density at radius 3 is 2.07 bits per heavy atom. The Labute approximate surface area is 177 Å². The van der Waals surface area contributed by atoms with E-state index >= 15 is 0 Å². The number of benzene rings is 2. The van der Waals surface area contributed by atoms with E-state index in [4.69, 9.17) is 0 Å². The van der Waals surface area contributed by atoms with Crippen LogP contribution in [0.25, 0.3) is 11.1 Å². The first-order valence-electron chi connectivity index (χ1n) is 10.5. The van der Waals surface area contributed by atoms with E-state index in [1.165, 1.54) is 6.92 Å². The van der Waals surface area contributed by atoms with Gasteiger partial charge in [-0.3, -0.25) is 14.4 Å². The van der Waals surface area contributed by atoms with Crippen molar-refractivity contribution < 1.29 is 14.4 Å². The van der Waals surface area contributed by atoms with Crippen molar-refractivity contribution in [3.63, 3.8) is 0 Å². The van der Waals surface area contributed by atoms with Gasteiger partial charge in [0.15, 0.2) is 0 Å². The lowest BCUT2D eigenvalue weighted by atomic mass is 10.0. The van der Waals surface area contributed by atoms with Crippen LogP contribution in [0.15, 0.2) is 54.6 Å². The molecule has 3 amide bonds. The molecule has 30 heavy (non-hydrogen) atoms. The molecule has 1 saturated carbocycles. The second-order valence-electron chi connectivity index (χ2n) is 7.81. The Hall–Kier alpha value is -3.15. The highest BCUT2D eigenvalue weighted by molar-refractivity contribution is 5.79. The topological polar surface area (TPSA) is 87.3 Å². The summed E-state index contributed by atoms with van der Waals surface area (Å²) in [4.78, 5) is 35.2. The maximum Gasteiger partial charge on any atom is 0.224 e. The summed E-state index contributed by atoms with van der Waals surface area (Å²) >= 11 is 0. The number of carbonyl (C=O) groups excluding carboxylic acids is 3. The normalized spacial score (nSPS) is 17.9. The zero-order valence-electron chi connectivity index (χ0n) is 17.3. The molecule has 6 nitrogen and oxygen atoms in total. The van der Waals surface area contributed by atoms with Crippen LogP contribution in [0.4, 0.5) is 0 Å². The first-order chi connectivity index (χ1) is 14.5. The van der Waals surface area contributed by atoms with Gasteiger partial charge in [0.05, 0.1) is 6.42 Å². The molecule has 0 spiro atoms. The van der Waals surface area contributed by atoms with Crippen LogP contribution in [0.1, 0.15) is 38.2 Å². The minimum atomic E-state index is -0.138. The van der Waals surface area contributed by atoms with Gasteiger partial charge in [0.25, 0.3) is 0 Å². The molecule has 158 valence electrons. The van der Waals surface area contributed by atoms with Crippen LogP contribution >= 0.6 is 0 Å². The highest BCUT2D eigenvalue weighted by Crippen LogP contribution is 2.21. The third-order valence-electron chi connectivity index (χ3n) is 5.31. The minimum Gasteiger partial charge on any atom is -0.356 e. The van der Waals surface area contributed by atoms with Crippen molar-refractivity contribution in [1.29, 1.82) is 0 Å². The van der Waals surface area contributed by atoms with Gasteiger partial charge in [0, 0.05) is 32.0 Å². The molecule has 6 heteroatoms. The second-order valence-corrected chi connectivity index (χ2v) is 7.81. The molecule has 0 saturated heterocycles. The average Bonchev–Trinajstić information content (AvgIpc) is 3.15. The van der Waals surface area contributed by atoms with Crippen LogP contribution in [0.2, 0.25) is 0 Å². The van der Waals surface area contributed by atoms with Gasteiger partial charge in [-0.1, -0.05) is 54.6 Å². The summed E-state index contributed by atoms with van der Waals surface area (Å²) < 4.78 is 0. The molecular formula is C24H29N3O3. The second kappa shape index (κ2) is 10.6. The number of carbonyl (C=O) groups is 3. The third kappa shape index (κ3) is 6.72. The van der Waals surface area contributed by atoms with Gasteiger partial charge in [-0.2, -0.15) is 0 Å².